The second-order valence-electron chi connectivity index (χ2n) is 6.54. The molecular weight excluding hydrogens is 362 g/mol. The van der Waals surface area contributed by atoms with Gasteiger partial charge in [0.15, 0.2) is 0 Å². The molecule has 1 fully saturated rings. The van der Waals surface area contributed by atoms with Gasteiger partial charge >= 0.3 is 0 Å². The number of likely N-dealkylation sites (tertiary alicyclic amines) is 1. The molecule has 0 radical (unpaired) electrons. The molecule has 3 rings (SSSR count). The molecule has 2 aromatic rings. The van der Waals surface area contributed by atoms with Crippen molar-refractivity contribution in [2.75, 3.05) is 26.2 Å². The Bertz CT molecular complexity index is 860. The lowest BCUT2D eigenvalue weighted by Crippen LogP contribution is -2.37. The van der Waals surface area contributed by atoms with Crippen molar-refractivity contribution in [2.45, 2.75) is 19.3 Å². The molecule has 1 aliphatic heterocycles. The molecule has 27 heavy (non-hydrogen) atoms. The summed E-state index contributed by atoms with van der Waals surface area (Å²) in [7, 11) is 0. The Hall–Kier alpha value is -2.55. The molecule has 1 aliphatic rings. The summed E-state index contributed by atoms with van der Waals surface area (Å²) >= 11 is 6.00. The van der Waals surface area contributed by atoms with Crippen molar-refractivity contribution in [3.8, 4) is 17.4 Å². The molecule has 0 aliphatic carbocycles. The van der Waals surface area contributed by atoms with Crippen molar-refractivity contribution in [2.24, 2.45) is 0 Å². The Kier molecular flexibility index (Phi) is 6.69. The highest BCUT2D eigenvalue weighted by atomic mass is 35.5. The standard InChI is InChI=1S/C21H22ClN3O2/c22-18-6-4-5-16(13-18)20-8-7-19(27-20)14-17(15-23)21(26)24-9-12-25-10-2-1-3-11-25/h4-8,13-14H,1-3,9-12H2,(H,24,26)/b17-14+. The van der Waals surface area contributed by atoms with Gasteiger partial charge in [-0.25, -0.2) is 0 Å². The van der Waals surface area contributed by atoms with Crippen LogP contribution in [-0.2, 0) is 4.79 Å². The van der Waals surface area contributed by atoms with Crippen LogP contribution in [-0.4, -0.2) is 37.0 Å². The minimum Gasteiger partial charge on any atom is -0.457 e. The highest BCUT2D eigenvalue weighted by molar-refractivity contribution is 6.30. The van der Waals surface area contributed by atoms with Crippen LogP contribution in [0.5, 0.6) is 0 Å². The third kappa shape index (κ3) is 5.46. The summed E-state index contributed by atoms with van der Waals surface area (Å²) in [6.45, 7) is 3.50. The first kappa shape index (κ1) is 19.2. The van der Waals surface area contributed by atoms with Crippen LogP contribution in [0.25, 0.3) is 17.4 Å². The van der Waals surface area contributed by atoms with Crippen molar-refractivity contribution in [3.63, 3.8) is 0 Å². The van der Waals surface area contributed by atoms with Gasteiger partial charge in [-0.15, -0.1) is 0 Å². The average molecular weight is 384 g/mol. The Labute approximate surface area is 164 Å². The van der Waals surface area contributed by atoms with Crippen LogP contribution in [0.1, 0.15) is 25.0 Å². The first-order valence-corrected chi connectivity index (χ1v) is 9.51. The van der Waals surface area contributed by atoms with Crippen LogP contribution >= 0.6 is 11.6 Å². The number of furan rings is 1. The first-order chi connectivity index (χ1) is 13.2. The summed E-state index contributed by atoms with van der Waals surface area (Å²) in [5, 5.41) is 12.8. The van der Waals surface area contributed by atoms with Crippen LogP contribution in [0.2, 0.25) is 5.02 Å². The molecule has 1 saturated heterocycles. The smallest absolute Gasteiger partial charge is 0.262 e. The number of amides is 1. The van der Waals surface area contributed by atoms with Gasteiger partial charge in [0.25, 0.3) is 5.91 Å². The maximum absolute atomic E-state index is 12.3. The molecule has 0 unspecified atom stereocenters. The fraction of sp³-hybridized carbons (Fsp3) is 0.333. The van der Waals surface area contributed by atoms with E-state index in [9.17, 15) is 10.1 Å². The van der Waals surface area contributed by atoms with Gasteiger partial charge in [-0.1, -0.05) is 30.2 Å². The van der Waals surface area contributed by atoms with Crippen LogP contribution in [0.3, 0.4) is 0 Å². The van der Waals surface area contributed by atoms with E-state index in [1.165, 1.54) is 25.3 Å². The van der Waals surface area contributed by atoms with E-state index in [1.807, 2.05) is 18.2 Å². The number of piperidine rings is 1. The number of carbonyl (C=O) groups excluding carboxylic acids is 1. The number of nitriles is 1. The monoisotopic (exact) mass is 383 g/mol. The molecule has 5 nitrogen and oxygen atoms in total. The van der Waals surface area contributed by atoms with Crippen LogP contribution in [0, 0.1) is 11.3 Å². The van der Waals surface area contributed by atoms with E-state index in [2.05, 4.69) is 10.2 Å². The molecule has 140 valence electrons. The highest BCUT2D eigenvalue weighted by Crippen LogP contribution is 2.25. The maximum Gasteiger partial charge on any atom is 0.262 e. The van der Waals surface area contributed by atoms with E-state index in [4.69, 9.17) is 16.0 Å². The Balaban J connectivity index is 1.60. The van der Waals surface area contributed by atoms with E-state index in [0.717, 1.165) is 25.2 Å². The van der Waals surface area contributed by atoms with Crippen molar-refractivity contribution in [3.05, 3.63) is 52.8 Å². The van der Waals surface area contributed by atoms with Gasteiger partial charge < -0.3 is 14.6 Å². The largest absolute Gasteiger partial charge is 0.457 e. The molecule has 1 aromatic heterocycles. The second-order valence-corrected chi connectivity index (χ2v) is 6.98. The predicted molar refractivity (Wildman–Crippen MR) is 106 cm³/mol. The molecule has 0 saturated carbocycles. The molecule has 0 spiro atoms. The lowest BCUT2D eigenvalue weighted by molar-refractivity contribution is -0.117. The third-order valence-electron chi connectivity index (χ3n) is 4.55. The quantitative estimate of drug-likeness (QED) is 0.602. The molecule has 0 bridgehead atoms. The van der Waals surface area contributed by atoms with Gasteiger partial charge in [-0.3, -0.25) is 4.79 Å². The van der Waals surface area contributed by atoms with Crippen LogP contribution in [0.4, 0.5) is 0 Å². The van der Waals surface area contributed by atoms with E-state index >= 15 is 0 Å². The minimum atomic E-state index is -0.379. The maximum atomic E-state index is 12.3. The fourth-order valence-corrected chi connectivity index (χ4v) is 3.31. The van der Waals surface area contributed by atoms with Gasteiger partial charge in [-0.2, -0.15) is 5.26 Å². The number of nitrogens with one attached hydrogen (secondary N) is 1. The lowest BCUT2D eigenvalue weighted by Gasteiger charge is -2.26. The molecular formula is C21H22ClN3O2. The van der Waals surface area contributed by atoms with E-state index < -0.39 is 0 Å². The lowest BCUT2D eigenvalue weighted by atomic mass is 10.1. The topological polar surface area (TPSA) is 69.3 Å². The van der Waals surface area contributed by atoms with Gasteiger partial charge in [-0.05, 0) is 50.2 Å². The van der Waals surface area contributed by atoms with Gasteiger partial charge in [0.2, 0.25) is 0 Å². The van der Waals surface area contributed by atoms with Gasteiger partial charge in [0, 0.05) is 29.8 Å². The van der Waals surface area contributed by atoms with Crippen molar-refractivity contribution in [1.29, 1.82) is 5.26 Å². The number of rotatable bonds is 6. The number of hydrogen-bond acceptors (Lipinski definition) is 4. The summed E-state index contributed by atoms with van der Waals surface area (Å²) in [5.41, 5.74) is 0.868. The SMILES string of the molecule is N#C/C(=C\c1ccc(-c2cccc(Cl)c2)o1)C(=O)NCCN1CCCCC1. The predicted octanol–water partition coefficient (Wildman–Crippen LogP) is 4.11. The number of halogens is 1. The number of benzene rings is 1. The molecule has 1 N–H and O–H groups in total. The van der Waals surface area contributed by atoms with Gasteiger partial charge in [0.05, 0.1) is 0 Å². The fourth-order valence-electron chi connectivity index (χ4n) is 3.12. The summed E-state index contributed by atoms with van der Waals surface area (Å²) in [6, 6.07) is 12.8. The van der Waals surface area contributed by atoms with E-state index in [1.54, 1.807) is 24.3 Å². The van der Waals surface area contributed by atoms with Crippen LogP contribution in [0.15, 0.2) is 46.4 Å². The van der Waals surface area contributed by atoms with Crippen molar-refractivity contribution >= 4 is 23.6 Å². The highest BCUT2D eigenvalue weighted by Gasteiger charge is 2.13. The zero-order valence-electron chi connectivity index (χ0n) is 15.1. The zero-order chi connectivity index (χ0) is 19.1. The number of nitrogens with zero attached hydrogens (tertiary/aromatic N) is 2. The molecule has 6 heteroatoms. The molecule has 1 aromatic carbocycles. The number of hydrogen-bond donors (Lipinski definition) is 1. The summed E-state index contributed by atoms with van der Waals surface area (Å²) in [5.74, 6) is 0.703. The Morgan fingerprint density at radius 1 is 1.26 bits per heavy atom. The normalized spacial score (nSPS) is 15.3. The minimum absolute atomic E-state index is 0.0284. The van der Waals surface area contributed by atoms with Crippen molar-refractivity contribution in [1.82, 2.24) is 10.2 Å². The Morgan fingerprint density at radius 3 is 2.81 bits per heavy atom. The average Bonchev–Trinajstić information content (AvgIpc) is 3.15. The van der Waals surface area contributed by atoms with E-state index in [0.29, 0.717) is 23.1 Å². The van der Waals surface area contributed by atoms with Crippen molar-refractivity contribution < 1.29 is 9.21 Å². The molecule has 2 heterocycles. The summed E-state index contributed by atoms with van der Waals surface area (Å²) in [4.78, 5) is 14.6. The first-order valence-electron chi connectivity index (χ1n) is 9.14. The summed E-state index contributed by atoms with van der Waals surface area (Å²) < 4.78 is 5.73. The molecule has 0 atom stereocenters. The van der Waals surface area contributed by atoms with E-state index in [-0.39, 0.29) is 11.5 Å². The third-order valence-corrected chi connectivity index (χ3v) is 4.78. The zero-order valence-corrected chi connectivity index (χ0v) is 15.8. The second kappa shape index (κ2) is 9.40. The van der Waals surface area contributed by atoms with Crippen LogP contribution < -0.4 is 5.32 Å². The molecule has 1 amide bonds. The summed E-state index contributed by atoms with van der Waals surface area (Å²) in [6.07, 6.45) is 5.17. The Morgan fingerprint density at radius 2 is 2.07 bits per heavy atom. The number of carbonyl (C=O) groups is 1. The van der Waals surface area contributed by atoms with Gasteiger partial charge in [0.1, 0.15) is 23.2 Å².